The first-order valence-electron chi connectivity index (χ1n) is 10.5. The van der Waals surface area contributed by atoms with Gasteiger partial charge in [-0.25, -0.2) is 9.37 Å². The molecule has 0 radical (unpaired) electrons. The van der Waals surface area contributed by atoms with Crippen molar-refractivity contribution in [1.29, 1.82) is 0 Å². The minimum atomic E-state index is -0.400. The molecule has 2 aromatic heterocycles. The summed E-state index contributed by atoms with van der Waals surface area (Å²) in [6, 6.07) is 12.2. The van der Waals surface area contributed by atoms with Gasteiger partial charge in [-0.3, -0.25) is 4.79 Å². The molecule has 1 N–H and O–H groups in total. The minimum Gasteiger partial charge on any atom is -0.494 e. The van der Waals surface area contributed by atoms with Gasteiger partial charge in [-0.05, 0) is 42.7 Å². The Labute approximate surface area is 198 Å². The molecular weight excluding hydrogens is 461 g/mol. The van der Waals surface area contributed by atoms with Gasteiger partial charge < -0.3 is 24.1 Å². The molecule has 0 saturated heterocycles. The third-order valence-corrected chi connectivity index (χ3v) is 6.24. The fraction of sp³-hybridized carbons (Fsp3) is 0.208. The molecule has 0 bridgehead atoms. The van der Waals surface area contributed by atoms with E-state index in [2.05, 4.69) is 15.5 Å². The number of thiazole rings is 1. The highest BCUT2D eigenvalue weighted by Gasteiger charge is 2.25. The number of rotatable bonds is 7. The highest BCUT2D eigenvalue weighted by molar-refractivity contribution is 7.15. The fourth-order valence-corrected chi connectivity index (χ4v) is 4.38. The Balaban J connectivity index is 1.23. The van der Waals surface area contributed by atoms with E-state index in [0.29, 0.717) is 45.7 Å². The molecule has 1 aliphatic heterocycles. The summed E-state index contributed by atoms with van der Waals surface area (Å²) in [4.78, 5) is 16.9. The molecular formula is C24H20FN3O5S. The lowest BCUT2D eigenvalue weighted by molar-refractivity contribution is 0.0951. The number of aromatic nitrogens is 2. The van der Waals surface area contributed by atoms with E-state index in [1.54, 1.807) is 36.4 Å². The first-order chi connectivity index (χ1) is 16.6. The Bertz CT molecular complexity index is 1310. The van der Waals surface area contributed by atoms with Gasteiger partial charge in [0.1, 0.15) is 22.5 Å². The smallest absolute Gasteiger partial charge is 0.279 e. The minimum absolute atomic E-state index is 0.199. The van der Waals surface area contributed by atoms with Gasteiger partial charge >= 0.3 is 0 Å². The van der Waals surface area contributed by atoms with Crippen LogP contribution in [0.25, 0.3) is 0 Å². The van der Waals surface area contributed by atoms with Crippen LogP contribution in [0.15, 0.2) is 59.4 Å². The van der Waals surface area contributed by atoms with Gasteiger partial charge in [0.25, 0.3) is 11.1 Å². The molecule has 1 aliphatic rings. The van der Waals surface area contributed by atoms with E-state index in [1.807, 2.05) is 6.07 Å². The molecule has 5 rings (SSSR count). The normalized spacial score (nSPS) is 14.7. The summed E-state index contributed by atoms with van der Waals surface area (Å²) in [5.74, 6) is 1.34. The molecule has 10 heteroatoms. The van der Waals surface area contributed by atoms with Gasteiger partial charge in [-0.2, -0.15) is 0 Å². The van der Waals surface area contributed by atoms with Crippen molar-refractivity contribution in [3.05, 3.63) is 82.4 Å². The van der Waals surface area contributed by atoms with E-state index < -0.39 is 11.9 Å². The number of hydrogen-bond acceptors (Lipinski definition) is 8. The summed E-state index contributed by atoms with van der Waals surface area (Å²) >= 11 is 1.14. The maximum atomic E-state index is 14.7. The zero-order valence-electron chi connectivity index (χ0n) is 18.1. The predicted octanol–water partition coefficient (Wildman–Crippen LogP) is 5.07. The summed E-state index contributed by atoms with van der Waals surface area (Å²) in [5, 5.41) is 6.68. The van der Waals surface area contributed by atoms with Gasteiger partial charge in [0.15, 0.2) is 17.3 Å². The van der Waals surface area contributed by atoms with Gasteiger partial charge in [0, 0.05) is 11.6 Å². The first-order valence-corrected chi connectivity index (χ1v) is 11.4. The van der Waals surface area contributed by atoms with Crippen LogP contribution in [0, 0.1) is 5.82 Å². The Hall–Kier alpha value is -3.92. The largest absolute Gasteiger partial charge is 0.494 e. The SMILES string of the molecule is COc1cccc(C2CCc3cc(Oc4ncc(C(=O)NCc5ccno5)s4)ccc3O2)c1F. The molecule has 34 heavy (non-hydrogen) atoms. The summed E-state index contributed by atoms with van der Waals surface area (Å²) in [7, 11) is 1.44. The average molecular weight is 482 g/mol. The number of hydrogen-bond donors (Lipinski definition) is 1. The van der Waals surface area contributed by atoms with Crippen molar-refractivity contribution in [2.45, 2.75) is 25.5 Å². The van der Waals surface area contributed by atoms with Crippen LogP contribution in [-0.4, -0.2) is 23.2 Å². The lowest BCUT2D eigenvalue weighted by Gasteiger charge is -2.27. The number of fused-ring (bicyclic) bond motifs is 1. The number of ether oxygens (including phenoxy) is 3. The third kappa shape index (κ3) is 4.58. The van der Waals surface area contributed by atoms with E-state index in [-0.39, 0.29) is 18.2 Å². The number of amides is 1. The number of carbonyl (C=O) groups is 1. The van der Waals surface area contributed by atoms with Gasteiger partial charge in [0.2, 0.25) is 0 Å². The van der Waals surface area contributed by atoms with Crippen molar-refractivity contribution < 1.29 is 27.9 Å². The second-order valence-corrected chi connectivity index (χ2v) is 8.53. The molecule has 0 saturated carbocycles. The van der Waals surface area contributed by atoms with E-state index in [4.69, 9.17) is 18.7 Å². The van der Waals surface area contributed by atoms with Crippen LogP contribution >= 0.6 is 11.3 Å². The molecule has 8 nitrogen and oxygen atoms in total. The highest BCUT2D eigenvalue weighted by Crippen LogP contribution is 2.39. The van der Waals surface area contributed by atoms with Gasteiger partial charge in [-0.1, -0.05) is 28.6 Å². The van der Waals surface area contributed by atoms with Gasteiger partial charge in [0.05, 0.1) is 26.0 Å². The monoisotopic (exact) mass is 481 g/mol. The summed E-state index contributed by atoms with van der Waals surface area (Å²) in [6.45, 7) is 0.235. The highest BCUT2D eigenvalue weighted by atomic mass is 32.1. The average Bonchev–Trinajstić information content (AvgIpc) is 3.55. The molecule has 1 atom stereocenters. The van der Waals surface area contributed by atoms with Crippen LogP contribution in [0.5, 0.6) is 22.4 Å². The lowest BCUT2D eigenvalue weighted by atomic mass is 9.97. The second kappa shape index (κ2) is 9.52. The van der Waals surface area contributed by atoms with E-state index >= 15 is 0 Å². The van der Waals surface area contributed by atoms with Crippen molar-refractivity contribution in [3.8, 4) is 22.4 Å². The van der Waals surface area contributed by atoms with Crippen molar-refractivity contribution in [2.24, 2.45) is 0 Å². The molecule has 174 valence electrons. The van der Waals surface area contributed by atoms with Crippen LogP contribution in [-0.2, 0) is 13.0 Å². The number of halogens is 1. The number of carbonyl (C=O) groups excluding carboxylic acids is 1. The Morgan fingerprint density at radius 2 is 2.21 bits per heavy atom. The van der Waals surface area contributed by atoms with Crippen LogP contribution in [0.3, 0.4) is 0 Å². The van der Waals surface area contributed by atoms with Crippen LogP contribution < -0.4 is 19.5 Å². The van der Waals surface area contributed by atoms with Crippen molar-refractivity contribution in [3.63, 3.8) is 0 Å². The standard InChI is InChI=1S/C24H20FN3O5S/c1-30-20-4-2-3-17(22(20)25)19-7-5-14-11-15(6-8-18(14)32-19)31-24-27-13-21(34-24)23(29)26-12-16-9-10-28-33-16/h2-4,6,8-11,13,19H,5,7,12H2,1H3,(H,26,29). The molecule has 0 spiro atoms. The maximum absolute atomic E-state index is 14.7. The van der Waals surface area contributed by atoms with E-state index in [9.17, 15) is 9.18 Å². The summed E-state index contributed by atoms with van der Waals surface area (Å²) in [5.41, 5.74) is 1.43. The number of aryl methyl sites for hydroxylation is 1. The molecule has 0 aliphatic carbocycles. The summed E-state index contributed by atoms with van der Waals surface area (Å²) < 4.78 is 36.6. The zero-order chi connectivity index (χ0) is 23.5. The van der Waals surface area contributed by atoms with E-state index in [0.717, 1.165) is 16.9 Å². The Morgan fingerprint density at radius 3 is 3.03 bits per heavy atom. The molecule has 0 fully saturated rings. The molecule has 3 heterocycles. The number of benzene rings is 2. The molecule has 2 aromatic carbocycles. The molecule has 1 amide bonds. The third-order valence-electron chi connectivity index (χ3n) is 5.36. The second-order valence-electron chi connectivity index (χ2n) is 7.53. The number of nitrogens with zero attached hydrogens (tertiary/aromatic N) is 2. The predicted molar refractivity (Wildman–Crippen MR) is 121 cm³/mol. The maximum Gasteiger partial charge on any atom is 0.279 e. The van der Waals surface area contributed by atoms with Crippen molar-refractivity contribution >= 4 is 17.2 Å². The number of nitrogens with one attached hydrogen (secondary N) is 1. The quantitative estimate of drug-likeness (QED) is 0.394. The van der Waals surface area contributed by atoms with Crippen molar-refractivity contribution in [1.82, 2.24) is 15.5 Å². The Kier molecular flexibility index (Phi) is 6.13. The first kappa shape index (κ1) is 21.9. The number of methoxy groups -OCH3 is 1. The molecule has 1 unspecified atom stereocenters. The zero-order valence-corrected chi connectivity index (χ0v) is 18.9. The molecule has 4 aromatic rings. The van der Waals surface area contributed by atoms with Crippen LogP contribution in [0.2, 0.25) is 0 Å². The van der Waals surface area contributed by atoms with Crippen LogP contribution in [0.1, 0.15) is 39.1 Å². The lowest BCUT2D eigenvalue weighted by Crippen LogP contribution is -2.21. The van der Waals surface area contributed by atoms with E-state index in [1.165, 1.54) is 19.5 Å². The fourth-order valence-electron chi connectivity index (χ4n) is 3.68. The topological polar surface area (TPSA) is 95.7 Å². The van der Waals surface area contributed by atoms with Gasteiger partial charge in [-0.15, -0.1) is 0 Å². The Morgan fingerprint density at radius 1 is 1.29 bits per heavy atom. The van der Waals surface area contributed by atoms with Crippen molar-refractivity contribution in [2.75, 3.05) is 7.11 Å². The van der Waals surface area contributed by atoms with Crippen LogP contribution in [0.4, 0.5) is 4.39 Å². The summed E-state index contributed by atoms with van der Waals surface area (Å²) in [6.07, 6.45) is 3.89.